The zero-order valence-corrected chi connectivity index (χ0v) is 18.3. The number of methoxy groups -OCH3 is 1. The topological polar surface area (TPSA) is 145 Å². The molecule has 0 unspecified atom stereocenters. The van der Waals surface area contributed by atoms with Gasteiger partial charge in [0.05, 0.1) is 25.3 Å². The summed E-state index contributed by atoms with van der Waals surface area (Å²) in [6.07, 6.45) is 1.39. The van der Waals surface area contributed by atoms with Crippen molar-refractivity contribution in [2.45, 2.75) is 13.5 Å². The number of halogens is 1. The number of hydrogen-bond acceptors (Lipinski definition) is 8. The first-order chi connectivity index (χ1) is 15.7. The second-order valence-electron chi connectivity index (χ2n) is 6.58. The lowest BCUT2D eigenvalue weighted by molar-refractivity contribution is -0.139. The van der Waals surface area contributed by atoms with Crippen molar-refractivity contribution in [1.82, 2.24) is 10.2 Å². The van der Waals surface area contributed by atoms with E-state index in [0.29, 0.717) is 5.56 Å². The van der Waals surface area contributed by atoms with Crippen LogP contribution in [0.25, 0.3) is 6.08 Å². The molecule has 0 radical (unpaired) electrons. The van der Waals surface area contributed by atoms with Crippen molar-refractivity contribution in [3.05, 3.63) is 52.1 Å². The highest BCUT2D eigenvalue weighted by atomic mass is 35.5. The van der Waals surface area contributed by atoms with Crippen LogP contribution in [0.5, 0.6) is 11.5 Å². The van der Waals surface area contributed by atoms with E-state index in [1.165, 1.54) is 37.5 Å². The maximum atomic E-state index is 12.7. The van der Waals surface area contributed by atoms with E-state index in [2.05, 4.69) is 10.1 Å². The Morgan fingerprint density at radius 2 is 2.00 bits per heavy atom. The summed E-state index contributed by atoms with van der Waals surface area (Å²) in [6, 6.07) is 5.09. The van der Waals surface area contributed by atoms with Crippen LogP contribution < -0.4 is 14.8 Å². The number of hydrogen-bond donors (Lipinski definition) is 2. The highest BCUT2D eigenvalue weighted by molar-refractivity contribution is 6.32. The van der Waals surface area contributed by atoms with Gasteiger partial charge in [0.1, 0.15) is 11.5 Å². The molecule has 1 aromatic carbocycles. The number of benzene rings is 1. The van der Waals surface area contributed by atoms with E-state index in [0.717, 1.165) is 4.90 Å². The lowest BCUT2D eigenvalue weighted by Gasteiger charge is -2.13. The SMILES string of the molecule is CCOc1cc(C=C2NC(=O)N(Cc3ccc(C(=O)OC)o3)C2=O)cc(Cl)c1OCC(=O)O. The van der Waals surface area contributed by atoms with E-state index < -0.39 is 30.5 Å². The molecule has 0 spiro atoms. The van der Waals surface area contributed by atoms with E-state index in [1.807, 2.05) is 0 Å². The van der Waals surface area contributed by atoms with Gasteiger partial charge in [0.15, 0.2) is 18.1 Å². The Hall–Kier alpha value is -3.99. The van der Waals surface area contributed by atoms with Crippen LogP contribution in [0.4, 0.5) is 4.79 Å². The van der Waals surface area contributed by atoms with E-state index in [-0.39, 0.29) is 46.9 Å². The van der Waals surface area contributed by atoms with Crippen LogP contribution in [0.3, 0.4) is 0 Å². The molecule has 1 aliphatic heterocycles. The Balaban J connectivity index is 1.82. The van der Waals surface area contributed by atoms with E-state index in [9.17, 15) is 19.2 Å². The number of rotatable bonds is 9. The fraction of sp³-hybridized carbons (Fsp3) is 0.238. The molecule has 1 aromatic heterocycles. The van der Waals surface area contributed by atoms with Crippen LogP contribution in [0, 0.1) is 0 Å². The van der Waals surface area contributed by atoms with Gasteiger partial charge in [0.2, 0.25) is 5.76 Å². The minimum Gasteiger partial charge on any atom is -0.490 e. The molecule has 174 valence electrons. The maximum absolute atomic E-state index is 12.7. The van der Waals surface area contributed by atoms with Crippen molar-refractivity contribution in [2.75, 3.05) is 20.3 Å². The Morgan fingerprint density at radius 1 is 1.24 bits per heavy atom. The van der Waals surface area contributed by atoms with Gasteiger partial charge >= 0.3 is 18.0 Å². The zero-order chi connectivity index (χ0) is 24.1. The van der Waals surface area contributed by atoms with Crippen molar-refractivity contribution in [1.29, 1.82) is 0 Å². The van der Waals surface area contributed by atoms with Crippen LogP contribution in [-0.2, 0) is 20.9 Å². The first kappa shape index (κ1) is 23.7. The average Bonchev–Trinajstić information content (AvgIpc) is 3.33. The highest BCUT2D eigenvalue weighted by Crippen LogP contribution is 2.37. The fourth-order valence-corrected chi connectivity index (χ4v) is 3.19. The molecule has 1 aliphatic rings. The first-order valence-electron chi connectivity index (χ1n) is 9.56. The second kappa shape index (κ2) is 10.1. The van der Waals surface area contributed by atoms with Gasteiger partial charge in [-0.3, -0.25) is 9.69 Å². The Bertz CT molecular complexity index is 1140. The lowest BCUT2D eigenvalue weighted by Crippen LogP contribution is -2.30. The number of carboxylic acids is 1. The summed E-state index contributed by atoms with van der Waals surface area (Å²) in [5.41, 5.74) is 0.375. The molecule has 11 nitrogen and oxygen atoms in total. The number of amides is 3. The number of carbonyl (C=O) groups excluding carboxylic acids is 3. The third kappa shape index (κ3) is 5.44. The number of aliphatic carboxylic acids is 1. The van der Waals surface area contributed by atoms with Gasteiger partial charge in [-0.25, -0.2) is 14.4 Å². The summed E-state index contributed by atoms with van der Waals surface area (Å²) in [6.45, 7) is 1.15. The predicted molar refractivity (Wildman–Crippen MR) is 113 cm³/mol. The monoisotopic (exact) mass is 478 g/mol. The third-order valence-electron chi connectivity index (χ3n) is 4.31. The molecule has 12 heteroatoms. The summed E-state index contributed by atoms with van der Waals surface area (Å²) in [4.78, 5) is 48.3. The molecular formula is C21H19ClN2O9. The third-order valence-corrected chi connectivity index (χ3v) is 4.59. The van der Waals surface area contributed by atoms with Gasteiger partial charge < -0.3 is 29.1 Å². The Morgan fingerprint density at radius 3 is 2.67 bits per heavy atom. The number of ether oxygens (including phenoxy) is 3. The quantitative estimate of drug-likeness (QED) is 0.315. The average molecular weight is 479 g/mol. The normalized spacial score (nSPS) is 14.4. The molecular weight excluding hydrogens is 460 g/mol. The summed E-state index contributed by atoms with van der Waals surface area (Å²) >= 11 is 6.22. The summed E-state index contributed by atoms with van der Waals surface area (Å²) in [5.74, 6) is -2.12. The van der Waals surface area contributed by atoms with E-state index >= 15 is 0 Å². The van der Waals surface area contributed by atoms with Gasteiger partial charge in [-0.2, -0.15) is 0 Å². The molecule has 2 aromatic rings. The molecule has 0 saturated carbocycles. The maximum Gasteiger partial charge on any atom is 0.373 e. The molecule has 0 bridgehead atoms. The molecule has 2 N–H and O–H groups in total. The van der Waals surface area contributed by atoms with Crippen LogP contribution in [0.1, 0.15) is 28.8 Å². The van der Waals surface area contributed by atoms with Crippen molar-refractivity contribution in [3.8, 4) is 11.5 Å². The van der Waals surface area contributed by atoms with Crippen molar-refractivity contribution in [2.24, 2.45) is 0 Å². The van der Waals surface area contributed by atoms with Gasteiger partial charge in [-0.05, 0) is 42.8 Å². The first-order valence-corrected chi connectivity index (χ1v) is 9.93. The summed E-state index contributed by atoms with van der Waals surface area (Å²) < 4.78 is 20.5. The van der Waals surface area contributed by atoms with Crippen LogP contribution in [-0.4, -0.2) is 54.2 Å². The van der Waals surface area contributed by atoms with Gasteiger partial charge in [-0.15, -0.1) is 0 Å². The fourth-order valence-electron chi connectivity index (χ4n) is 2.92. The van der Waals surface area contributed by atoms with Crippen molar-refractivity contribution >= 4 is 41.6 Å². The standard InChI is InChI=1S/C21H19ClN2O9/c1-3-31-16-8-11(6-13(22)18(16)32-10-17(25)26)7-14-19(27)24(21(29)23-14)9-12-4-5-15(33-12)20(28)30-2/h4-8H,3,9-10H2,1-2H3,(H,23,29)(H,25,26). The smallest absolute Gasteiger partial charge is 0.373 e. The van der Waals surface area contributed by atoms with Crippen LogP contribution in [0.2, 0.25) is 5.02 Å². The van der Waals surface area contributed by atoms with E-state index in [4.69, 9.17) is 30.6 Å². The van der Waals surface area contributed by atoms with Gasteiger partial charge in [0.25, 0.3) is 5.91 Å². The van der Waals surface area contributed by atoms with Gasteiger partial charge in [0, 0.05) is 0 Å². The number of nitrogens with zero attached hydrogens (tertiary/aromatic N) is 1. The second-order valence-corrected chi connectivity index (χ2v) is 6.99. The van der Waals surface area contributed by atoms with Crippen LogP contribution in [0.15, 0.2) is 34.4 Å². The number of imide groups is 1. The predicted octanol–water partition coefficient (Wildman–Crippen LogP) is 2.67. The molecule has 2 heterocycles. The van der Waals surface area contributed by atoms with E-state index in [1.54, 1.807) is 6.92 Å². The molecule has 1 fully saturated rings. The minimum absolute atomic E-state index is 0.0301. The highest BCUT2D eigenvalue weighted by Gasteiger charge is 2.34. The van der Waals surface area contributed by atoms with Crippen LogP contribution >= 0.6 is 11.6 Å². The largest absolute Gasteiger partial charge is 0.490 e. The van der Waals surface area contributed by atoms with Gasteiger partial charge in [-0.1, -0.05) is 11.6 Å². The Kier molecular flexibility index (Phi) is 7.23. The zero-order valence-electron chi connectivity index (χ0n) is 17.5. The summed E-state index contributed by atoms with van der Waals surface area (Å²) in [7, 11) is 1.20. The number of nitrogens with one attached hydrogen (secondary N) is 1. The molecule has 33 heavy (non-hydrogen) atoms. The molecule has 1 saturated heterocycles. The molecule has 0 aliphatic carbocycles. The number of carboxylic acid groups (broad SMARTS) is 1. The Labute approximate surface area is 192 Å². The number of esters is 1. The number of carbonyl (C=O) groups is 4. The minimum atomic E-state index is -1.19. The molecule has 0 atom stereocenters. The van der Waals surface area contributed by atoms with Crippen molar-refractivity contribution < 1.29 is 42.9 Å². The van der Waals surface area contributed by atoms with Crippen molar-refractivity contribution in [3.63, 3.8) is 0 Å². The molecule has 3 rings (SSSR count). The summed E-state index contributed by atoms with van der Waals surface area (Å²) in [5, 5.41) is 11.4. The lowest BCUT2D eigenvalue weighted by atomic mass is 10.1. The molecule has 3 amide bonds. The number of furan rings is 1. The number of urea groups is 1.